The first-order valence-electron chi connectivity index (χ1n) is 8.42. The van der Waals surface area contributed by atoms with Gasteiger partial charge in [-0.15, -0.1) is 0 Å². The van der Waals surface area contributed by atoms with E-state index in [-0.39, 0.29) is 0 Å². The Morgan fingerprint density at radius 3 is 2.42 bits per heavy atom. The number of nitrogens with one attached hydrogen (secondary N) is 1. The molecule has 0 aliphatic rings. The summed E-state index contributed by atoms with van der Waals surface area (Å²) in [7, 11) is 0. The van der Waals surface area contributed by atoms with Gasteiger partial charge < -0.3 is 9.93 Å². The van der Waals surface area contributed by atoms with Crippen LogP contribution in [0.4, 0.5) is 5.69 Å². The maximum atomic E-state index is 7.52. The summed E-state index contributed by atoms with van der Waals surface area (Å²) in [5, 5.41) is 12.6. The van der Waals surface area contributed by atoms with Crippen molar-refractivity contribution in [2.24, 2.45) is 4.99 Å². The van der Waals surface area contributed by atoms with Crippen molar-refractivity contribution in [3.8, 4) is 11.3 Å². The largest absolute Gasteiger partial charge is 0.355 e. The fraction of sp³-hybridized carbons (Fsp3) is 0.0455. The molecule has 0 unspecified atom stereocenters. The number of nitrogens with zero attached hydrogens (tertiary/aromatic N) is 2. The van der Waals surface area contributed by atoms with E-state index in [1.165, 1.54) is 6.21 Å². The van der Waals surface area contributed by atoms with Crippen molar-refractivity contribution in [1.82, 2.24) is 5.16 Å². The quantitative estimate of drug-likeness (QED) is 0.477. The molecule has 0 radical (unpaired) electrons. The number of rotatable bonds is 5. The Morgan fingerprint density at radius 1 is 0.962 bits per heavy atom. The zero-order chi connectivity index (χ0) is 17.8. The Kier molecular flexibility index (Phi) is 4.39. The average molecular weight is 339 g/mol. The van der Waals surface area contributed by atoms with Crippen molar-refractivity contribution in [2.75, 3.05) is 0 Å². The Morgan fingerprint density at radius 2 is 1.69 bits per heavy atom. The van der Waals surface area contributed by atoms with Crippen molar-refractivity contribution in [1.29, 1.82) is 5.41 Å². The predicted octanol–water partition coefficient (Wildman–Crippen LogP) is 5.66. The Balaban J connectivity index is 1.83. The van der Waals surface area contributed by atoms with Gasteiger partial charge >= 0.3 is 0 Å². The van der Waals surface area contributed by atoms with Gasteiger partial charge in [0.2, 0.25) is 0 Å². The minimum atomic E-state index is 0.465. The van der Waals surface area contributed by atoms with Crippen LogP contribution >= 0.6 is 0 Å². The fourth-order valence-electron chi connectivity index (χ4n) is 2.90. The molecule has 0 aliphatic heterocycles. The van der Waals surface area contributed by atoms with Gasteiger partial charge in [-0.25, -0.2) is 0 Å². The van der Waals surface area contributed by atoms with E-state index >= 15 is 0 Å². The molecule has 0 saturated heterocycles. The lowest BCUT2D eigenvalue weighted by atomic mass is 10.0. The summed E-state index contributed by atoms with van der Waals surface area (Å²) in [5.74, 6) is 0.747. The second-order valence-corrected chi connectivity index (χ2v) is 5.91. The molecule has 3 aromatic carbocycles. The highest BCUT2D eigenvalue weighted by molar-refractivity contribution is 6.10. The third-order valence-corrected chi connectivity index (χ3v) is 4.16. The topological polar surface area (TPSA) is 62.2 Å². The van der Waals surface area contributed by atoms with Gasteiger partial charge in [-0.1, -0.05) is 59.8 Å². The maximum Gasteiger partial charge on any atom is 0.174 e. The molecule has 4 rings (SSSR count). The van der Waals surface area contributed by atoms with E-state index in [0.29, 0.717) is 6.42 Å². The Hall–Kier alpha value is -3.53. The number of hydrogen-bond acceptors (Lipinski definition) is 4. The molecule has 4 aromatic rings. The second kappa shape index (κ2) is 7.15. The molecule has 1 aromatic heterocycles. The van der Waals surface area contributed by atoms with Gasteiger partial charge in [0.25, 0.3) is 0 Å². The van der Waals surface area contributed by atoms with Crippen LogP contribution in [0.25, 0.3) is 22.2 Å². The molecule has 0 bridgehead atoms. The molecule has 26 heavy (non-hydrogen) atoms. The van der Waals surface area contributed by atoms with E-state index in [4.69, 9.17) is 14.9 Å². The number of hydrogen-bond donors (Lipinski definition) is 1. The summed E-state index contributed by atoms with van der Waals surface area (Å²) < 4.78 is 5.58. The van der Waals surface area contributed by atoms with Crippen LogP contribution in [0.5, 0.6) is 0 Å². The standard InChI is InChI=1S/C22H17N3O/c23-14-13-20(24-18-9-5-2-6-10-18)17-11-12-21-19(15-17)22(26-25-21)16-7-3-1-4-8-16/h1-12,14-15,23H,13H2. The van der Waals surface area contributed by atoms with E-state index in [0.717, 1.165) is 39.2 Å². The summed E-state index contributed by atoms with van der Waals surface area (Å²) in [6.07, 6.45) is 1.84. The first-order valence-corrected chi connectivity index (χ1v) is 8.42. The third-order valence-electron chi connectivity index (χ3n) is 4.16. The van der Waals surface area contributed by atoms with Gasteiger partial charge in [0.1, 0.15) is 5.52 Å². The van der Waals surface area contributed by atoms with Gasteiger partial charge in [0, 0.05) is 18.2 Å². The minimum absolute atomic E-state index is 0.465. The number of fused-ring (bicyclic) bond motifs is 1. The normalized spacial score (nSPS) is 11.6. The number of para-hydroxylation sites is 1. The molecule has 1 N–H and O–H groups in total. The second-order valence-electron chi connectivity index (χ2n) is 5.91. The third kappa shape index (κ3) is 3.17. The molecule has 0 amide bonds. The molecule has 126 valence electrons. The predicted molar refractivity (Wildman–Crippen MR) is 105 cm³/mol. The average Bonchev–Trinajstić information content (AvgIpc) is 3.12. The highest BCUT2D eigenvalue weighted by Gasteiger charge is 2.13. The maximum absolute atomic E-state index is 7.52. The van der Waals surface area contributed by atoms with Gasteiger partial charge in [0.05, 0.1) is 16.8 Å². The van der Waals surface area contributed by atoms with Crippen molar-refractivity contribution in [3.63, 3.8) is 0 Å². The summed E-state index contributed by atoms with van der Waals surface area (Å²) in [6, 6.07) is 25.7. The van der Waals surface area contributed by atoms with Gasteiger partial charge in [-0.3, -0.25) is 4.99 Å². The van der Waals surface area contributed by atoms with Crippen molar-refractivity contribution >= 4 is 28.5 Å². The molecule has 0 spiro atoms. The SMILES string of the molecule is N=CCC(=Nc1ccccc1)c1ccc2noc(-c3ccccc3)c2c1. The highest BCUT2D eigenvalue weighted by atomic mass is 16.5. The van der Waals surface area contributed by atoms with Crippen LogP contribution in [-0.2, 0) is 0 Å². The van der Waals surface area contributed by atoms with Crippen molar-refractivity contribution in [2.45, 2.75) is 6.42 Å². The van der Waals surface area contributed by atoms with Crippen molar-refractivity contribution in [3.05, 3.63) is 84.4 Å². The summed E-state index contributed by atoms with van der Waals surface area (Å²) >= 11 is 0. The number of aromatic nitrogens is 1. The van der Waals surface area contributed by atoms with Gasteiger partial charge in [-0.2, -0.15) is 0 Å². The smallest absolute Gasteiger partial charge is 0.174 e. The van der Waals surface area contributed by atoms with E-state index in [9.17, 15) is 0 Å². The minimum Gasteiger partial charge on any atom is -0.355 e. The molecular weight excluding hydrogens is 322 g/mol. The lowest BCUT2D eigenvalue weighted by molar-refractivity contribution is 0.441. The molecular formula is C22H17N3O. The molecule has 0 aliphatic carbocycles. The summed E-state index contributed by atoms with van der Waals surface area (Å²) in [6.45, 7) is 0. The van der Waals surface area contributed by atoms with E-state index in [1.807, 2.05) is 78.9 Å². The van der Waals surface area contributed by atoms with Crippen LogP contribution in [0.1, 0.15) is 12.0 Å². The van der Waals surface area contributed by atoms with E-state index in [1.54, 1.807) is 0 Å². The molecule has 0 fully saturated rings. The molecule has 0 atom stereocenters. The van der Waals surface area contributed by atoms with Gasteiger partial charge in [0.15, 0.2) is 5.76 Å². The van der Waals surface area contributed by atoms with Crippen molar-refractivity contribution < 1.29 is 4.52 Å². The molecule has 1 heterocycles. The zero-order valence-corrected chi connectivity index (χ0v) is 14.1. The lowest BCUT2D eigenvalue weighted by Gasteiger charge is -2.05. The fourth-order valence-corrected chi connectivity index (χ4v) is 2.90. The van der Waals surface area contributed by atoms with Crippen LogP contribution in [0.2, 0.25) is 0 Å². The zero-order valence-electron chi connectivity index (χ0n) is 14.1. The first kappa shape index (κ1) is 16.0. The monoisotopic (exact) mass is 339 g/mol. The highest BCUT2D eigenvalue weighted by Crippen LogP contribution is 2.29. The Labute approximate surface area is 151 Å². The summed E-state index contributed by atoms with van der Waals surface area (Å²) in [4.78, 5) is 4.73. The number of benzene rings is 3. The van der Waals surface area contributed by atoms with Crippen LogP contribution in [0.15, 0.2) is 88.4 Å². The van der Waals surface area contributed by atoms with Gasteiger partial charge in [-0.05, 0) is 29.8 Å². The van der Waals surface area contributed by atoms with E-state index in [2.05, 4.69) is 5.16 Å². The summed E-state index contributed by atoms with van der Waals surface area (Å²) in [5.41, 5.74) is 4.47. The number of aliphatic imine (C=N–C) groups is 1. The van der Waals surface area contributed by atoms with Crippen LogP contribution < -0.4 is 0 Å². The van der Waals surface area contributed by atoms with Crippen LogP contribution in [0, 0.1) is 5.41 Å². The molecule has 4 nitrogen and oxygen atoms in total. The van der Waals surface area contributed by atoms with Crippen LogP contribution in [0.3, 0.4) is 0 Å². The van der Waals surface area contributed by atoms with E-state index < -0.39 is 0 Å². The van der Waals surface area contributed by atoms with Crippen LogP contribution in [-0.4, -0.2) is 17.1 Å². The molecule has 0 saturated carbocycles. The molecule has 4 heteroatoms. The Bertz CT molecular complexity index is 1070. The first-order chi connectivity index (χ1) is 12.8. The lowest BCUT2D eigenvalue weighted by Crippen LogP contribution is -2.01.